The molecule has 6 aromatic rings. The minimum atomic E-state index is -0.294. The molecule has 0 atom stereocenters. The smallest absolute Gasteiger partial charge is 0.305 e. The monoisotopic (exact) mass is 591 g/mol. The van der Waals surface area contributed by atoms with Gasteiger partial charge in [-0.25, -0.2) is 0 Å². The molecule has 1 fully saturated rings. The van der Waals surface area contributed by atoms with Gasteiger partial charge in [0.15, 0.2) is 12.0 Å². The molecule has 0 radical (unpaired) electrons. The highest BCUT2D eigenvalue weighted by atomic mass is 16.5. The lowest BCUT2D eigenvalue weighted by molar-refractivity contribution is -0.122. The molecule has 1 aromatic heterocycles. The fourth-order valence-corrected chi connectivity index (χ4v) is 5.70. The third kappa shape index (κ3) is 5.36. The molecule has 0 bridgehead atoms. The second-order valence-corrected chi connectivity index (χ2v) is 10.7. The van der Waals surface area contributed by atoms with Gasteiger partial charge in [0.2, 0.25) is 0 Å². The molecule has 1 aliphatic heterocycles. The molecular weight excluding hydrogens is 562 g/mol. The van der Waals surface area contributed by atoms with E-state index in [4.69, 9.17) is 9.47 Å². The predicted octanol–water partition coefficient (Wildman–Crippen LogP) is 7.73. The van der Waals surface area contributed by atoms with Crippen molar-refractivity contribution < 1.29 is 19.1 Å². The second-order valence-electron chi connectivity index (χ2n) is 10.7. The molecule has 7 nitrogen and oxygen atoms in total. The summed E-state index contributed by atoms with van der Waals surface area (Å²) in [6.07, 6.45) is 3.08. The Morgan fingerprint density at radius 2 is 1.53 bits per heavy atom. The third-order valence-corrected chi connectivity index (χ3v) is 7.96. The highest BCUT2D eigenvalue weighted by molar-refractivity contribution is 6.13. The highest BCUT2D eigenvalue weighted by Gasteiger charge is 2.35. The molecule has 7 rings (SSSR count). The number of aldehydes is 1. The van der Waals surface area contributed by atoms with Crippen LogP contribution in [0.3, 0.4) is 0 Å². The fourth-order valence-electron chi connectivity index (χ4n) is 5.70. The van der Waals surface area contributed by atoms with E-state index in [0.717, 1.165) is 50.7 Å². The maximum Gasteiger partial charge on any atom is 0.305 e. The highest BCUT2D eigenvalue weighted by Crippen LogP contribution is 2.33. The minimum Gasteiger partial charge on any atom is -0.497 e. The van der Waals surface area contributed by atoms with Crippen LogP contribution < -0.4 is 4.74 Å². The number of methoxy groups -OCH3 is 1. The first-order valence-corrected chi connectivity index (χ1v) is 14.7. The number of amides is 1. The van der Waals surface area contributed by atoms with E-state index < -0.39 is 0 Å². The van der Waals surface area contributed by atoms with Crippen LogP contribution in [-0.2, 0) is 16.0 Å². The topological polar surface area (TPSA) is 73.1 Å². The average molecular weight is 592 g/mol. The largest absolute Gasteiger partial charge is 0.497 e. The van der Waals surface area contributed by atoms with Crippen LogP contribution in [0, 0.1) is 0 Å². The zero-order chi connectivity index (χ0) is 30.8. The van der Waals surface area contributed by atoms with Crippen LogP contribution in [0.5, 0.6) is 5.75 Å². The summed E-state index contributed by atoms with van der Waals surface area (Å²) < 4.78 is 13.7. The molecular formula is C38H29N3O4. The van der Waals surface area contributed by atoms with Crippen molar-refractivity contribution >= 4 is 51.8 Å². The van der Waals surface area contributed by atoms with Gasteiger partial charge in [0, 0.05) is 28.6 Å². The Morgan fingerprint density at radius 1 is 0.800 bits per heavy atom. The molecule has 1 saturated heterocycles. The van der Waals surface area contributed by atoms with Crippen LogP contribution >= 0.6 is 0 Å². The van der Waals surface area contributed by atoms with Crippen molar-refractivity contribution in [3.05, 3.63) is 144 Å². The first kappa shape index (κ1) is 27.9. The van der Waals surface area contributed by atoms with Crippen LogP contribution in [0.1, 0.15) is 21.5 Å². The van der Waals surface area contributed by atoms with Crippen LogP contribution in [0.2, 0.25) is 0 Å². The van der Waals surface area contributed by atoms with Gasteiger partial charge in [-0.1, -0.05) is 66.7 Å². The number of aromatic nitrogens is 1. The second kappa shape index (κ2) is 12.0. The molecule has 0 spiro atoms. The lowest BCUT2D eigenvalue weighted by atomic mass is 10.1. The standard InChI is InChI=1S/C38H29N3O4/c1-44-30-18-15-26(16-19-30)21-22-40-37(43)36(45-38(40)39-33-13-7-5-9-28(33)25-42)24-27-17-20-35-32(23-27)31-12-6-8-14-34(31)41(35)29-10-3-2-4-11-29/h2-20,23-25H,21-22H2,1H3/b36-24+,39-38-. The van der Waals surface area contributed by atoms with Gasteiger partial charge >= 0.3 is 6.02 Å². The van der Waals surface area contributed by atoms with Crippen molar-refractivity contribution in [1.29, 1.82) is 0 Å². The van der Waals surface area contributed by atoms with Gasteiger partial charge in [-0.15, -0.1) is 0 Å². The van der Waals surface area contributed by atoms with Crippen LogP contribution in [0.25, 0.3) is 33.6 Å². The Bertz CT molecular complexity index is 2110. The normalized spacial score (nSPS) is 14.9. The molecule has 7 heteroatoms. The van der Waals surface area contributed by atoms with Gasteiger partial charge in [-0.05, 0) is 78.2 Å². The van der Waals surface area contributed by atoms with E-state index >= 15 is 0 Å². The Balaban J connectivity index is 1.27. The third-order valence-electron chi connectivity index (χ3n) is 7.96. The van der Waals surface area contributed by atoms with Crippen LogP contribution in [0.15, 0.2) is 132 Å². The summed E-state index contributed by atoms with van der Waals surface area (Å²) in [5.41, 5.74) is 5.95. The molecule has 1 aliphatic rings. The first-order valence-electron chi connectivity index (χ1n) is 14.7. The lowest BCUT2D eigenvalue weighted by Crippen LogP contribution is -2.31. The van der Waals surface area contributed by atoms with Crippen LogP contribution in [-0.4, -0.2) is 41.3 Å². The molecule has 2 heterocycles. The Hall–Kier alpha value is -5.95. The quantitative estimate of drug-likeness (QED) is 0.134. The molecule has 0 aliphatic carbocycles. The number of carbonyl (C=O) groups excluding carboxylic acids is 2. The lowest BCUT2D eigenvalue weighted by Gasteiger charge is -2.14. The Kier molecular flexibility index (Phi) is 7.41. The van der Waals surface area contributed by atoms with Crippen molar-refractivity contribution in [3.8, 4) is 11.4 Å². The number of carbonyl (C=O) groups is 2. The number of para-hydroxylation sites is 3. The summed E-state index contributed by atoms with van der Waals surface area (Å²) in [6, 6.07) is 39.5. The van der Waals surface area contributed by atoms with Crippen LogP contribution in [0.4, 0.5) is 5.69 Å². The van der Waals surface area contributed by atoms with E-state index in [1.807, 2.05) is 60.7 Å². The van der Waals surface area contributed by atoms with Gasteiger partial charge in [0.1, 0.15) is 5.75 Å². The van der Waals surface area contributed by atoms with Crippen molar-refractivity contribution in [2.24, 2.45) is 4.99 Å². The van der Waals surface area contributed by atoms with E-state index in [1.54, 1.807) is 37.5 Å². The maximum atomic E-state index is 13.8. The van der Waals surface area contributed by atoms with Gasteiger partial charge in [0.05, 0.1) is 23.8 Å². The molecule has 0 unspecified atom stereocenters. The summed E-state index contributed by atoms with van der Waals surface area (Å²) in [6.45, 7) is 0.341. The number of hydrogen-bond acceptors (Lipinski definition) is 5. The van der Waals surface area contributed by atoms with Crippen molar-refractivity contribution in [2.45, 2.75) is 6.42 Å². The summed E-state index contributed by atoms with van der Waals surface area (Å²) in [5, 5.41) is 2.18. The molecule has 1 amide bonds. The van der Waals surface area contributed by atoms with Crippen molar-refractivity contribution in [1.82, 2.24) is 9.47 Å². The SMILES string of the molecule is COc1ccc(CCN2C(=O)/C(=C\c3ccc4c(c3)c3ccccc3n4-c3ccccc3)O/C2=N\c2ccccc2C=O)cc1. The van der Waals surface area contributed by atoms with E-state index in [0.29, 0.717) is 24.2 Å². The van der Waals surface area contributed by atoms with Crippen molar-refractivity contribution in [3.63, 3.8) is 0 Å². The number of fused-ring (bicyclic) bond motifs is 3. The summed E-state index contributed by atoms with van der Waals surface area (Å²) >= 11 is 0. The number of aliphatic imine (C=N–C) groups is 1. The fraction of sp³-hybridized carbons (Fsp3) is 0.0789. The number of nitrogens with zero attached hydrogens (tertiary/aromatic N) is 3. The maximum absolute atomic E-state index is 13.8. The number of hydrogen-bond donors (Lipinski definition) is 0. The molecule has 0 saturated carbocycles. The molecule has 220 valence electrons. The first-order chi connectivity index (χ1) is 22.1. The van der Waals surface area contributed by atoms with E-state index in [1.165, 1.54) is 4.90 Å². The zero-order valence-corrected chi connectivity index (χ0v) is 24.6. The predicted molar refractivity (Wildman–Crippen MR) is 177 cm³/mol. The van der Waals surface area contributed by atoms with Gasteiger partial charge in [0.25, 0.3) is 5.91 Å². The van der Waals surface area contributed by atoms with E-state index in [2.05, 4.69) is 46.0 Å². The average Bonchev–Trinajstić information content (AvgIpc) is 3.57. The van der Waals surface area contributed by atoms with E-state index in [9.17, 15) is 9.59 Å². The number of rotatable bonds is 8. The van der Waals surface area contributed by atoms with Gasteiger partial charge < -0.3 is 14.0 Å². The number of benzene rings is 5. The van der Waals surface area contributed by atoms with Crippen molar-refractivity contribution in [2.75, 3.05) is 13.7 Å². The van der Waals surface area contributed by atoms with Gasteiger partial charge in [-0.3, -0.25) is 14.5 Å². The number of amidine groups is 1. The van der Waals surface area contributed by atoms with E-state index in [-0.39, 0.29) is 17.7 Å². The Labute approximate surface area is 260 Å². The molecule has 5 aromatic carbocycles. The number of ether oxygens (including phenoxy) is 2. The molecule has 45 heavy (non-hydrogen) atoms. The van der Waals surface area contributed by atoms with Gasteiger partial charge in [-0.2, -0.15) is 4.99 Å². The molecule has 0 N–H and O–H groups in total. The zero-order valence-electron chi connectivity index (χ0n) is 24.6. The summed E-state index contributed by atoms with van der Waals surface area (Å²) in [7, 11) is 1.63. The summed E-state index contributed by atoms with van der Waals surface area (Å²) in [4.78, 5) is 31.7. The Morgan fingerprint density at radius 3 is 2.33 bits per heavy atom. The minimum absolute atomic E-state index is 0.135. The summed E-state index contributed by atoms with van der Waals surface area (Å²) in [5.74, 6) is 0.636.